The van der Waals surface area contributed by atoms with E-state index in [9.17, 15) is 38.6 Å². The van der Waals surface area contributed by atoms with E-state index in [4.69, 9.17) is 11.6 Å². The zero-order valence-corrected chi connectivity index (χ0v) is 24.6. The minimum absolute atomic E-state index is 0.0542. The highest BCUT2D eigenvalue weighted by Gasteiger charge is 2.68. The number of phenolic OH excluding ortho intramolecular Hbond substituents is 1. The average molecular weight is 621 g/mol. The molecule has 4 aliphatic rings. The Morgan fingerprint density at radius 3 is 2.57 bits per heavy atom. The Kier molecular flexibility index (Phi) is 7.23. The van der Waals surface area contributed by atoms with Crippen molar-refractivity contribution in [3.8, 4) is 5.75 Å². The van der Waals surface area contributed by atoms with Crippen molar-refractivity contribution in [1.82, 2.24) is 4.90 Å². The number of amides is 4. The van der Waals surface area contributed by atoms with Gasteiger partial charge in [0.2, 0.25) is 23.6 Å². The van der Waals surface area contributed by atoms with Crippen LogP contribution < -0.4 is 4.90 Å². The van der Waals surface area contributed by atoms with Crippen molar-refractivity contribution in [3.63, 3.8) is 0 Å². The molecular weight excluding hydrogens is 591 g/mol. The SMILES string of the molecule is C=CCc1cccc(C2C3=CCC4C(=O)N(CCC(=O)O)C(=O)C4C3CC3C(=O)N(c4ccc(F)c(Cl)c4)C(=O)C32C)c1O. The fraction of sp³-hybridized carbons (Fsp3) is 0.364. The van der Waals surface area contributed by atoms with E-state index in [1.165, 1.54) is 12.1 Å². The van der Waals surface area contributed by atoms with Crippen molar-refractivity contribution < 1.29 is 38.6 Å². The first-order chi connectivity index (χ1) is 20.9. The topological polar surface area (TPSA) is 132 Å². The number of aliphatic carboxylic acids is 1. The summed E-state index contributed by atoms with van der Waals surface area (Å²) in [6.07, 6.45) is 3.70. The molecule has 0 bridgehead atoms. The van der Waals surface area contributed by atoms with Gasteiger partial charge in [-0.25, -0.2) is 9.29 Å². The number of benzene rings is 2. The molecule has 44 heavy (non-hydrogen) atoms. The number of phenols is 1. The lowest BCUT2D eigenvalue weighted by molar-refractivity contribution is -0.142. The predicted octanol–water partition coefficient (Wildman–Crippen LogP) is 4.62. The van der Waals surface area contributed by atoms with Crippen LogP contribution in [0.3, 0.4) is 0 Å². The van der Waals surface area contributed by atoms with Crippen LogP contribution in [0.15, 0.2) is 60.7 Å². The third-order valence-electron chi connectivity index (χ3n) is 9.90. The summed E-state index contributed by atoms with van der Waals surface area (Å²) >= 11 is 6.03. The Hall–Kier alpha value is -4.31. The maximum absolute atomic E-state index is 14.5. The van der Waals surface area contributed by atoms with Crippen LogP contribution in [0.4, 0.5) is 10.1 Å². The average Bonchev–Trinajstić information content (AvgIpc) is 3.34. The molecule has 11 heteroatoms. The summed E-state index contributed by atoms with van der Waals surface area (Å²) in [6, 6.07) is 8.77. The number of rotatable bonds is 7. The normalized spacial score (nSPS) is 29.3. The molecule has 6 unspecified atom stereocenters. The predicted molar refractivity (Wildman–Crippen MR) is 157 cm³/mol. The van der Waals surface area contributed by atoms with Gasteiger partial charge >= 0.3 is 5.97 Å². The molecule has 6 rings (SSSR count). The third-order valence-corrected chi connectivity index (χ3v) is 10.2. The zero-order valence-electron chi connectivity index (χ0n) is 23.8. The fourth-order valence-corrected chi connectivity index (χ4v) is 8.06. The van der Waals surface area contributed by atoms with E-state index in [0.29, 0.717) is 23.1 Å². The van der Waals surface area contributed by atoms with Crippen LogP contribution in [-0.4, -0.2) is 51.3 Å². The quantitative estimate of drug-likeness (QED) is 0.341. The molecule has 2 aromatic rings. The van der Waals surface area contributed by atoms with Crippen molar-refractivity contribution in [2.75, 3.05) is 11.4 Å². The summed E-state index contributed by atoms with van der Waals surface area (Å²) in [5.74, 6) is -7.95. The number of allylic oxidation sites excluding steroid dienone is 3. The Balaban J connectivity index is 1.51. The smallest absolute Gasteiger partial charge is 0.305 e. The molecule has 6 atom stereocenters. The highest BCUT2D eigenvalue weighted by Crippen LogP contribution is 2.64. The van der Waals surface area contributed by atoms with E-state index in [-0.39, 0.29) is 35.8 Å². The largest absolute Gasteiger partial charge is 0.507 e. The van der Waals surface area contributed by atoms with Crippen LogP contribution in [-0.2, 0) is 30.4 Å². The number of carboxylic acids is 1. The molecule has 9 nitrogen and oxygen atoms in total. The van der Waals surface area contributed by atoms with E-state index in [1.807, 2.05) is 6.08 Å². The number of hydrogen-bond acceptors (Lipinski definition) is 6. The van der Waals surface area contributed by atoms with Crippen LogP contribution in [0, 0.1) is 34.9 Å². The second-order valence-electron chi connectivity index (χ2n) is 12.1. The van der Waals surface area contributed by atoms with E-state index in [1.54, 1.807) is 31.2 Å². The minimum Gasteiger partial charge on any atom is -0.507 e. The van der Waals surface area contributed by atoms with Gasteiger partial charge < -0.3 is 10.2 Å². The number of para-hydroxylation sites is 1. The summed E-state index contributed by atoms with van der Waals surface area (Å²) in [5, 5.41) is 20.4. The molecule has 4 amide bonds. The monoisotopic (exact) mass is 620 g/mol. The van der Waals surface area contributed by atoms with Crippen molar-refractivity contribution in [3.05, 3.63) is 82.7 Å². The molecule has 3 fully saturated rings. The Morgan fingerprint density at radius 1 is 1.14 bits per heavy atom. The van der Waals surface area contributed by atoms with Gasteiger partial charge in [0.05, 0.1) is 40.3 Å². The number of aromatic hydroxyl groups is 1. The minimum atomic E-state index is -1.41. The molecule has 1 saturated carbocycles. The number of halogens is 2. The van der Waals surface area contributed by atoms with Crippen molar-refractivity contribution in [2.45, 2.75) is 38.5 Å². The molecule has 0 aromatic heterocycles. The summed E-state index contributed by atoms with van der Waals surface area (Å²) in [7, 11) is 0. The summed E-state index contributed by atoms with van der Waals surface area (Å²) in [4.78, 5) is 69.0. The molecule has 2 aliphatic carbocycles. The van der Waals surface area contributed by atoms with Gasteiger partial charge in [0, 0.05) is 18.0 Å². The van der Waals surface area contributed by atoms with Gasteiger partial charge in [0.25, 0.3) is 0 Å². The van der Waals surface area contributed by atoms with Crippen molar-refractivity contribution in [1.29, 1.82) is 0 Å². The first kappa shape index (κ1) is 29.7. The third kappa shape index (κ3) is 4.22. The molecular formula is C33H30ClFN2O7. The summed E-state index contributed by atoms with van der Waals surface area (Å²) < 4.78 is 14.0. The number of hydrogen-bond donors (Lipinski definition) is 2. The number of carboxylic acid groups (broad SMARTS) is 1. The molecule has 2 aliphatic heterocycles. The van der Waals surface area contributed by atoms with Crippen LogP contribution >= 0.6 is 11.6 Å². The molecule has 2 aromatic carbocycles. The number of anilines is 1. The van der Waals surface area contributed by atoms with E-state index < -0.39 is 76.8 Å². The van der Waals surface area contributed by atoms with Gasteiger partial charge in [0.1, 0.15) is 11.6 Å². The van der Waals surface area contributed by atoms with Crippen molar-refractivity contribution >= 4 is 46.9 Å². The van der Waals surface area contributed by atoms with Crippen LogP contribution in [0.2, 0.25) is 5.02 Å². The van der Waals surface area contributed by atoms with E-state index in [2.05, 4.69) is 6.58 Å². The number of imide groups is 2. The molecule has 2 heterocycles. The van der Waals surface area contributed by atoms with Crippen LogP contribution in [0.5, 0.6) is 5.75 Å². The van der Waals surface area contributed by atoms with Gasteiger partial charge in [-0.2, -0.15) is 0 Å². The lowest BCUT2D eigenvalue weighted by Crippen LogP contribution is -2.49. The Labute approximate surface area is 257 Å². The van der Waals surface area contributed by atoms with Gasteiger partial charge in [0.15, 0.2) is 0 Å². The first-order valence-corrected chi connectivity index (χ1v) is 14.8. The highest BCUT2D eigenvalue weighted by molar-refractivity contribution is 6.31. The van der Waals surface area contributed by atoms with Gasteiger partial charge in [-0.1, -0.05) is 47.5 Å². The Morgan fingerprint density at radius 2 is 1.89 bits per heavy atom. The summed E-state index contributed by atoms with van der Waals surface area (Å²) in [5.41, 5.74) is 0.349. The Bertz CT molecular complexity index is 1690. The fourth-order valence-electron chi connectivity index (χ4n) is 7.89. The lowest BCUT2D eigenvalue weighted by Gasteiger charge is -2.49. The number of carbonyl (C=O) groups is 5. The molecule has 0 spiro atoms. The van der Waals surface area contributed by atoms with E-state index in [0.717, 1.165) is 15.9 Å². The van der Waals surface area contributed by atoms with Crippen molar-refractivity contribution in [2.24, 2.45) is 29.1 Å². The zero-order chi connectivity index (χ0) is 31.7. The van der Waals surface area contributed by atoms with Gasteiger partial charge in [-0.3, -0.25) is 28.9 Å². The molecule has 2 N–H and O–H groups in total. The highest BCUT2D eigenvalue weighted by atomic mass is 35.5. The molecule has 2 saturated heterocycles. The van der Waals surface area contributed by atoms with Gasteiger partial charge in [-0.05, 0) is 55.9 Å². The second-order valence-corrected chi connectivity index (χ2v) is 12.5. The number of nitrogens with zero attached hydrogens (tertiary/aromatic N) is 2. The number of likely N-dealkylation sites (tertiary alicyclic amines) is 1. The number of carbonyl (C=O) groups excluding carboxylic acids is 4. The number of fused-ring (bicyclic) bond motifs is 4. The van der Waals surface area contributed by atoms with Gasteiger partial charge in [-0.15, -0.1) is 6.58 Å². The first-order valence-electron chi connectivity index (χ1n) is 14.4. The van der Waals surface area contributed by atoms with E-state index >= 15 is 0 Å². The summed E-state index contributed by atoms with van der Waals surface area (Å²) in [6.45, 7) is 5.18. The standard InChI is InChI=1S/C33H30ClFN2O7/c1-3-5-16-6-4-7-20(28(16)40)27-18-9-10-19-26(31(43)36(29(19)41)13-12-25(38)39)21(18)15-22-30(42)37(32(44)33(22,27)2)17-8-11-24(35)23(34)14-17/h3-4,6-9,11,14,19,21-22,26-27,40H,1,5,10,12-13,15H2,2H3,(H,38,39). The maximum atomic E-state index is 14.5. The lowest BCUT2D eigenvalue weighted by atomic mass is 9.51. The molecule has 0 radical (unpaired) electrons. The van der Waals surface area contributed by atoms with Crippen LogP contribution in [0.1, 0.15) is 43.2 Å². The molecule has 228 valence electrons. The second kappa shape index (κ2) is 10.7. The maximum Gasteiger partial charge on any atom is 0.305 e. The van der Waals surface area contributed by atoms with Crippen LogP contribution in [0.25, 0.3) is 0 Å².